The van der Waals surface area contributed by atoms with Crippen LogP contribution < -0.4 is 5.32 Å². The molecule has 0 fully saturated rings. The summed E-state index contributed by atoms with van der Waals surface area (Å²) in [4.78, 5) is 47.7. The fourth-order valence-corrected chi connectivity index (χ4v) is 1.97. The van der Waals surface area contributed by atoms with E-state index < -0.39 is 35.8 Å². The van der Waals surface area contributed by atoms with Gasteiger partial charge >= 0.3 is 5.97 Å². The number of aliphatic carboxylic acids is 1. The largest absolute Gasteiger partial charge is 0.480 e. The number of imide groups is 1. The van der Waals surface area contributed by atoms with Crippen molar-refractivity contribution in [3.8, 4) is 0 Å². The number of hydrogen-bond acceptors (Lipinski definition) is 4. The summed E-state index contributed by atoms with van der Waals surface area (Å²) in [5.74, 6) is -3.03. The van der Waals surface area contributed by atoms with Crippen LogP contribution in [0.25, 0.3) is 0 Å². The normalized spacial score (nSPS) is 14.1. The van der Waals surface area contributed by atoms with Gasteiger partial charge in [0.25, 0.3) is 11.8 Å². The third-order valence-electron chi connectivity index (χ3n) is 3.17. The van der Waals surface area contributed by atoms with E-state index in [2.05, 4.69) is 5.32 Å². The maximum absolute atomic E-state index is 12.1. The smallest absolute Gasteiger partial charge is 0.328 e. The molecule has 110 valence electrons. The molecule has 0 bridgehead atoms. The van der Waals surface area contributed by atoms with Crippen LogP contribution in [0.5, 0.6) is 0 Å². The lowest BCUT2D eigenvalue weighted by Crippen LogP contribution is -2.53. The Morgan fingerprint density at radius 3 is 2.05 bits per heavy atom. The molecule has 1 aromatic carbocycles. The predicted molar refractivity (Wildman–Crippen MR) is 71.7 cm³/mol. The van der Waals surface area contributed by atoms with E-state index in [1.54, 1.807) is 12.1 Å². The summed E-state index contributed by atoms with van der Waals surface area (Å²) in [5, 5.41) is 11.2. The van der Waals surface area contributed by atoms with E-state index in [9.17, 15) is 19.2 Å². The number of carboxylic acid groups (broad SMARTS) is 1. The Hall–Kier alpha value is -2.70. The summed E-state index contributed by atoms with van der Waals surface area (Å²) >= 11 is 0. The van der Waals surface area contributed by atoms with Gasteiger partial charge in [-0.1, -0.05) is 12.1 Å². The van der Waals surface area contributed by atoms with Crippen molar-refractivity contribution in [3.63, 3.8) is 0 Å². The van der Waals surface area contributed by atoms with Gasteiger partial charge in [0.15, 0.2) is 0 Å². The number of nitrogens with zero attached hydrogens (tertiary/aromatic N) is 1. The quantitative estimate of drug-likeness (QED) is 0.774. The highest BCUT2D eigenvalue weighted by Crippen LogP contribution is 2.22. The summed E-state index contributed by atoms with van der Waals surface area (Å²) in [5.41, 5.74) is -0.990. The summed E-state index contributed by atoms with van der Waals surface area (Å²) in [6.45, 7) is 2.12. The van der Waals surface area contributed by atoms with E-state index in [0.29, 0.717) is 0 Å². The molecule has 7 heteroatoms. The average molecular weight is 290 g/mol. The molecule has 21 heavy (non-hydrogen) atoms. The van der Waals surface area contributed by atoms with Crippen LogP contribution >= 0.6 is 0 Å². The molecule has 1 aromatic rings. The van der Waals surface area contributed by atoms with Gasteiger partial charge in [0, 0.05) is 0 Å². The first-order valence-electron chi connectivity index (χ1n) is 6.23. The minimum absolute atomic E-state index is 0.243. The van der Waals surface area contributed by atoms with Crippen molar-refractivity contribution in [2.75, 3.05) is 6.54 Å². The number of carbonyl (C=O) groups excluding carboxylic acids is 3. The van der Waals surface area contributed by atoms with E-state index >= 15 is 0 Å². The molecule has 0 saturated heterocycles. The molecule has 1 aliphatic heterocycles. The lowest BCUT2D eigenvalue weighted by molar-refractivity contribution is -0.146. The van der Waals surface area contributed by atoms with Crippen LogP contribution in [0, 0.1) is 0 Å². The van der Waals surface area contributed by atoms with Crippen molar-refractivity contribution in [2.45, 2.75) is 19.4 Å². The minimum Gasteiger partial charge on any atom is -0.480 e. The molecule has 7 nitrogen and oxygen atoms in total. The molecule has 1 heterocycles. The second kappa shape index (κ2) is 5.01. The third-order valence-corrected chi connectivity index (χ3v) is 3.17. The number of nitrogens with one attached hydrogen (secondary N) is 1. The number of fused-ring (bicyclic) bond motifs is 1. The van der Waals surface area contributed by atoms with Gasteiger partial charge in [-0.3, -0.25) is 19.3 Å². The standard InChI is InChI=1S/C14H14N2O5/c1-14(2,13(20)21)15-10(17)7-16-11(18)8-5-3-4-6-9(8)12(16)19/h3-6H,7H2,1-2H3,(H,15,17)(H,20,21). The number of benzene rings is 1. The lowest BCUT2D eigenvalue weighted by atomic mass is 10.1. The maximum Gasteiger partial charge on any atom is 0.328 e. The summed E-state index contributed by atoms with van der Waals surface area (Å²) in [7, 11) is 0. The Kier molecular flexibility index (Phi) is 3.51. The molecule has 0 unspecified atom stereocenters. The SMILES string of the molecule is CC(C)(NC(=O)CN1C(=O)c2ccccc2C1=O)C(=O)O. The molecule has 0 atom stereocenters. The lowest BCUT2D eigenvalue weighted by Gasteiger charge is -2.22. The third kappa shape index (κ3) is 2.62. The Morgan fingerprint density at radius 2 is 1.62 bits per heavy atom. The van der Waals surface area contributed by atoms with Crippen molar-refractivity contribution in [3.05, 3.63) is 35.4 Å². The zero-order chi connectivity index (χ0) is 15.8. The van der Waals surface area contributed by atoms with E-state index in [0.717, 1.165) is 4.90 Å². The summed E-state index contributed by atoms with van der Waals surface area (Å²) in [6, 6.07) is 6.27. The van der Waals surface area contributed by atoms with Gasteiger partial charge in [0.2, 0.25) is 5.91 Å². The number of rotatable bonds is 4. The number of carbonyl (C=O) groups is 4. The zero-order valence-electron chi connectivity index (χ0n) is 11.5. The Morgan fingerprint density at radius 1 is 1.14 bits per heavy atom. The fourth-order valence-electron chi connectivity index (χ4n) is 1.97. The zero-order valence-corrected chi connectivity index (χ0v) is 11.5. The van der Waals surface area contributed by atoms with Gasteiger partial charge in [-0.25, -0.2) is 4.79 Å². The van der Waals surface area contributed by atoms with Crippen LogP contribution in [0.15, 0.2) is 24.3 Å². The molecule has 2 N–H and O–H groups in total. The predicted octanol–water partition coefficient (Wildman–Crippen LogP) is 0.262. The molecule has 2 rings (SSSR count). The first kappa shape index (κ1) is 14.7. The van der Waals surface area contributed by atoms with Crippen LogP contribution in [0.2, 0.25) is 0 Å². The van der Waals surface area contributed by atoms with Crippen LogP contribution in [0.4, 0.5) is 0 Å². The highest BCUT2D eigenvalue weighted by Gasteiger charge is 2.37. The van der Waals surface area contributed by atoms with Gasteiger partial charge in [0.05, 0.1) is 11.1 Å². The van der Waals surface area contributed by atoms with Crippen molar-refractivity contribution >= 4 is 23.7 Å². The van der Waals surface area contributed by atoms with Crippen LogP contribution in [0.1, 0.15) is 34.6 Å². The summed E-state index contributed by atoms with van der Waals surface area (Å²) < 4.78 is 0. The van der Waals surface area contributed by atoms with Crippen LogP contribution in [-0.2, 0) is 9.59 Å². The maximum atomic E-state index is 12.1. The van der Waals surface area contributed by atoms with Crippen molar-refractivity contribution in [1.82, 2.24) is 10.2 Å². The Balaban J connectivity index is 2.12. The van der Waals surface area contributed by atoms with E-state index in [4.69, 9.17) is 5.11 Å². The molecule has 0 spiro atoms. The highest BCUT2D eigenvalue weighted by atomic mass is 16.4. The summed E-state index contributed by atoms with van der Waals surface area (Å²) in [6.07, 6.45) is 0. The first-order chi connectivity index (χ1) is 9.74. The second-order valence-electron chi connectivity index (χ2n) is 5.22. The Labute approximate surface area is 120 Å². The average Bonchev–Trinajstić information content (AvgIpc) is 2.64. The van der Waals surface area contributed by atoms with Crippen molar-refractivity contribution < 1.29 is 24.3 Å². The highest BCUT2D eigenvalue weighted by molar-refractivity contribution is 6.22. The Bertz CT molecular complexity index is 616. The first-order valence-corrected chi connectivity index (χ1v) is 6.23. The van der Waals surface area contributed by atoms with Crippen molar-refractivity contribution in [1.29, 1.82) is 0 Å². The van der Waals surface area contributed by atoms with Crippen LogP contribution in [-0.4, -0.2) is 45.8 Å². The van der Waals surface area contributed by atoms with E-state index in [1.807, 2.05) is 0 Å². The molecular formula is C14H14N2O5. The topological polar surface area (TPSA) is 104 Å². The van der Waals surface area contributed by atoms with Crippen molar-refractivity contribution in [2.24, 2.45) is 0 Å². The molecule has 0 radical (unpaired) electrons. The van der Waals surface area contributed by atoms with Crippen LogP contribution in [0.3, 0.4) is 0 Å². The van der Waals surface area contributed by atoms with Gasteiger partial charge in [-0.05, 0) is 26.0 Å². The molecule has 0 saturated carbocycles. The van der Waals surface area contributed by atoms with E-state index in [1.165, 1.54) is 26.0 Å². The number of hydrogen-bond donors (Lipinski definition) is 2. The molecule has 1 aliphatic rings. The number of amides is 3. The van der Waals surface area contributed by atoms with Gasteiger partial charge in [-0.2, -0.15) is 0 Å². The molecule has 0 aliphatic carbocycles. The van der Waals surface area contributed by atoms with Gasteiger partial charge in [0.1, 0.15) is 12.1 Å². The monoisotopic (exact) mass is 290 g/mol. The molecular weight excluding hydrogens is 276 g/mol. The second-order valence-corrected chi connectivity index (χ2v) is 5.22. The van der Waals surface area contributed by atoms with Gasteiger partial charge < -0.3 is 10.4 Å². The van der Waals surface area contributed by atoms with E-state index in [-0.39, 0.29) is 11.1 Å². The fraction of sp³-hybridized carbons (Fsp3) is 0.286. The minimum atomic E-state index is -1.48. The number of carboxylic acids is 1. The molecule has 0 aromatic heterocycles. The van der Waals surface area contributed by atoms with Gasteiger partial charge in [-0.15, -0.1) is 0 Å². The molecule has 3 amide bonds.